The second-order valence-electron chi connectivity index (χ2n) is 6.44. The normalized spacial score (nSPS) is 11.9. The van der Waals surface area contributed by atoms with Crippen LogP contribution in [0.25, 0.3) is 22.3 Å². The van der Waals surface area contributed by atoms with Crippen molar-refractivity contribution in [3.8, 4) is 17.1 Å². The van der Waals surface area contributed by atoms with Gasteiger partial charge in [0.15, 0.2) is 5.82 Å². The second kappa shape index (κ2) is 8.50. The number of anilines is 1. The van der Waals surface area contributed by atoms with Gasteiger partial charge in [-0.05, 0) is 24.3 Å². The first-order valence-electron chi connectivity index (χ1n) is 9.21. The van der Waals surface area contributed by atoms with Crippen LogP contribution in [-0.4, -0.2) is 34.3 Å². The van der Waals surface area contributed by atoms with Gasteiger partial charge in [-0.2, -0.15) is 0 Å². The van der Waals surface area contributed by atoms with Gasteiger partial charge >= 0.3 is 0 Å². The van der Waals surface area contributed by atoms with Gasteiger partial charge in [-0.15, -0.1) is 0 Å². The van der Waals surface area contributed by atoms with Crippen molar-refractivity contribution in [1.29, 1.82) is 0 Å². The van der Waals surface area contributed by atoms with Gasteiger partial charge in [-0.3, -0.25) is 0 Å². The minimum atomic E-state index is -0.672. The van der Waals surface area contributed by atoms with Gasteiger partial charge in [-0.1, -0.05) is 60.7 Å². The Balaban J connectivity index is 1.51. The number of aliphatic hydroxyl groups excluding tert-OH is 1. The number of para-hydroxylation sites is 2. The molecule has 3 aromatic carbocycles. The van der Waals surface area contributed by atoms with Crippen molar-refractivity contribution < 1.29 is 9.84 Å². The standard InChI is InChI=1S/C23H21N3O2/c27-18(16-28-19-11-5-2-6-12-19)15-24-23-20-13-7-8-14-21(20)25-22(26-23)17-9-3-1-4-10-17/h1-14,18,27H,15-16H2,(H,24,25,26). The number of hydrogen-bond donors (Lipinski definition) is 2. The molecule has 4 aromatic rings. The van der Waals surface area contributed by atoms with Gasteiger partial charge in [0.2, 0.25) is 0 Å². The number of hydrogen-bond acceptors (Lipinski definition) is 5. The number of nitrogens with zero attached hydrogens (tertiary/aromatic N) is 2. The second-order valence-corrected chi connectivity index (χ2v) is 6.44. The predicted molar refractivity (Wildman–Crippen MR) is 111 cm³/mol. The van der Waals surface area contributed by atoms with E-state index in [-0.39, 0.29) is 6.61 Å². The Hall–Kier alpha value is -3.44. The van der Waals surface area contributed by atoms with E-state index in [0.717, 1.165) is 22.2 Å². The fourth-order valence-corrected chi connectivity index (χ4v) is 2.91. The number of benzene rings is 3. The lowest BCUT2D eigenvalue weighted by molar-refractivity contribution is 0.117. The van der Waals surface area contributed by atoms with Crippen molar-refractivity contribution in [3.05, 3.63) is 84.9 Å². The van der Waals surface area contributed by atoms with Crippen LogP contribution in [0.2, 0.25) is 0 Å². The third-order valence-electron chi connectivity index (χ3n) is 4.33. The Labute approximate surface area is 163 Å². The lowest BCUT2D eigenvalue weighted by Gasteiger charge is -2.15. The quantitative estimate of drug-likeness (QED) is 0.511. The highest BCUT2D eigenvalue weighted by Gasteiger charge is 2.11. The van der Waals surface area contributed by atoms with Crippen LogP contribution in [-0.2, 0) is 0 Å². The molecule has 0 aliphatic heterocycles. The van der Waals surface area contributed by atoms with Crippen molar-refractivity contribution >= 4 is 16.7 Å². The molecule has 1 heterocycles. The van der Waals surface area contributed by atoms with Gasteiger partial charge in [0.1, 0.15) is 24.3 Å². The number of aromatic nitrogens is 2. The van der Waals surface area contributed by atoms with Gasteiger partial charge in [0.25, 0.3) is 0 Å². The third kappa shape index (κ3) is 4.27. The van der Waals surface area contributed by atoms with Crippen LogP contribution in [0, 0.1) is 0 Å². The largest absolute Gasteiger partial charge is 0.491 e. The molecule has 5 heteroatoms. The minimum absolute atomic E-state index is 0.200. The molecule has 1 unspecified atom stereocenters. The molecule has 1 aromatic heterocycles. The smallest absolute Gasteiger partial charge is 0.162 e. The first kappa shape index (κ1) is 17.9. The average molecular weight is 371 g/mol. The first-order chi connectivity index (χ1) is 13.8. The molecule has 2 N–H and O–H groups in total. The zero-order valence-corrected chi connectivity index (χ0v) is 15.3. The Morgan fingerprint density at radius 2 is 1.50 bits per heavy atom. The number of nitrogens with one attached hydrogen (secondary N) is 1. The minimum Gasteiger partial charge on any atom is -0.491 e. The molecule has 0 saturated carbocycles. The molecule has 140 valence electrons. The molecule has 5 nitrogen and oxygen atoms in total. The lowest BCUT2D eigenvalue weighted by atomic mass is 10.2. The maximum absolute atomic E-state index is 10.3. The molecule has 0 radical (unpaired) electrons. The van der Waals surface area contributed by atoms with Crippen molar-refractivity contribution in [2.24, 2.45) is 0 Å². The van der Waals surface area contributed by atoms with Gasteiger partial charge in [0.05, 0.1) is 5.52 Å². The Morgan fingerprint density at radius 3 is 2.29 bits per heavy atom. The van der Waals surface area contributed by atoms with Crippen LogP contribution in [0.3, 0.4) is 0 Å². The van der Waals surface area contributed by atoms with E-state index in [1.165, 1.54) is 0 Å². The molecule has 0 amide bonds. The zero-order valence-electron chi connectivity index (χ0n) is 15.3. The maximum atomic E-state index is 10.3. The van der Waals surface area contributed by atoms with E-state index >= 15 is 0 Å². The highest BCUT2D eigenvalue weighted by molar-refractivity contribution is 5.90. The molecule has 0 bridgehead atoms. The van der Waals surface area contributed by atoms with Crippen molar-refractivity contribution in [2.45, 2.75) is 6.10 Å². The molecule has 1 atom stereocenters. The van der Waals surface area contributed by atoms with E-state index in [9.17, 15) is 5.11 Å². The first-order valence-corrected chi connectivity index (χ1v) is 9.21. The number of fused-ring (bicyclic) bond motifs is 1. The molecule has 0 aliphatic carbocycles. The monoisotopic (exact) mass is 371 g/mol. The number of ether oxygens (including phenoxy) is 1. The highest BCUT2D eigenvalue weighted by Crippen LogP contribution is 2.24. The summed E-state index contributed by atoms with van der Waals surface area (Å²) in [6.07, 6.45) is -0.672. The predicted octanol–water partition coefficient (Wildman–Crippen LogP) is 4.15. The summed E-state index contributed by atoms with van der Waals surface area (Å²) in [5, 5.41) is 14.5. The fourth-order valence-electron chi connectivity index (χ4n) is 2.91. The average Bonchev–Trinajstić information content (AvgIpc) is 2.77. The Kier molecular flexibility index (Phi) is 5.45. The zero-order chi connectivity index (χ0) is 19.2. The molecule has 0 spiro atoms. The summed E-state index contributed by atoms with van der Waals surface area (Å²) in [6, 6.07) is 27.2. The Bertz CT molecular complexity index is 1040. The van der Waals surface area contributed by atoms with Crippen molar-refractivity contribution in [3.63, 3.8) is 0 Å². The summed E-state index contributed by atoms with van der Waals surface area (Å²) < 4.78 is 5.61. The molecule has 0 fully saturated rings. The van der Waals surface area contributed by atoms with Crippen LogP contribution in [0.1, 0.15) is 0 Å². The van der Waals surface area contributed by atoms with E-state index in [2.05, 4.69) is 15.3 Å². The summed E-state index contributed by atoms with van der Waals surface area (Å²) in [5.74, 6) is 2.08. The van der Waals surface area contributed by atoms with E-state index < -0.39 is 6.10 Å². The molecule has 28 heavy (non-hydrogen) atoms. The van der Waals surface area contributed by atoms with Gasteiger partial charge in [-0.25, -0.2) is 9.97 Å². The van der Waals surface area contributed by atoms with E-state index in [1.54, 1.807) is 0 Å². The van der Waals surface area contributed by atoms with Crippen LogP contribution < -0.4 is 10.1 Å². The van der Waals surface area contributed by atoms with E-state index in [1.807, 2.05) is 84.9 Å². The molecule has 0 saturated heterocycles. The summed E-state index contributed by atoms with van der Waals surface area (Å²) >= 11 is 0. The fraction of sp³-hybridized carbons (Fsp3) is 0.130. The topological polar surface area (TPSA) is 67.3 Å². The summed E-state index contributed by atoms with van der Waals surface area (Å²) in [4.78, 5) is 9.36. The Morgan fingerprint density at radius 1 is 0.821 bits per heavy atom. The summed E-state index contributed by atoms with van der Waals surface area (Å²) in [7, 11) is 0. The highest BCUT2D eigenvalue weighted by atomic mass is 16.5. The van der Waals surface area contributed by atoms with Crippen molar-refractivity contribution in [1.82, 2.24) is 9.97 Å². The summed E-state index contributed by atoms with van der Waals surface area (Å²) in [6.45, 7) is 0.521. The SMILES string of the molecule is OC(CNc1nc(-c2ccccc2)nc2ccccc12)COc1ccccc1. The van der Waals surface area contributed by atoms with E-state index in [4.69, 9.17) is 4.74 Å². The van der Waals surface area contributed by atoms with E-state index in [0.29, 0.717) is 18.2 Å². The van der Waals surface area contributed by atoms with Crippen LogP contribution in [0.5, 0.6) is 5.75 Å². The van der Waals surface area contributed by atoms with Gasteiger partial charge < -0.3 is 15.2 Å². The third-order valence-corrected chi connectivity index (χ3v) is 4.33. The number of rotatable bonds is 7. The summed E-state index contributed by atoms with van der Waals surface area (Å²) in [5.41, 5.74) is 1.80. The van der Waals surface area contributed by atoms with Crippen molar-refractivity contribution in [2.75, 3.05) is 18.5 Å². The lowest BCUT2D eigenvalue weighted by Crippen LogP contribution is -2.26. The van der Waals surface area contributed by atoms with Crippen LogP contribution in [0.15, 0.2) is 84.9 Å². The molecule has 4 rings (SSSR count). The molecular formula is C23H21N3O2. The molecule has 0 aliphatic rings. The maximum Gasteiger partial charge on any atom is 0.162 e. The van der Waals surface area contributed by atoms with Crippen LogP contribution >= 0.6 is 0 Å². The van der Waals surface area contributed by atoms with Crippen LogP contribution in [0.4, 0.5) is 5.82 Å². The number of aliphatic hydroxyl groups is 1. The molecular weight excluding hydrogens is 350 g/mol. The van der Waals surface area contributed by atoms with Gasteiger partial charge in [0, 0.05) is 17.5 Å².